The lowest BCUT2D eigenvalue weighted by molar-refractivity contribution is -0.105. The summed E-state index contributed by atoms with van der Waals surface area (Å²) in [6.07, 6.45) is 2.73. The van der Waals surface area contributed by atoms with Crippen LogP contribution in [0.15, 0.2) is 24.3 Å². The van der Waals surface area contributed by atoms with E-state index in [9.17, 15) is 4.79 Å². The van der Waals surface area contributed by atoms with E-state index < -0.39 is 5.60 Å². The number of amides is 1. The number of hydrogen-bond donors (Lipinski definition) is 0. The normalized spacial score (nSPS) is 18.9. The van der Waals surface area contributed by atoms with Crippen LogP contribution in [0.2, 0.25) is 0 Å². The first-order valence-electron chi connectivity index (χ1n) is 10.4. The highest BCUT2D eigenvalue weighted by atomic mass is 127. The first-order valence-corrected chi connectivity index (χ1v) is 11.5. The average Bonchev–Trinajstić information content (AvgIpc) is 3.22. The van der Waals surface area contributed by atoms with Crippen LogP contribution in [0.25, 0.3) is 0 Å². The minimum absolute atomic E-state index is 0.151. The van der Waals surface area contributed by atoms with Crippen molar-refractivity contribution in [2.75, 3.05) is 6.61 Å². The van der Waals surface area contributed by atoms with Gasteiger partial charge in [-0.15, -0.1) is 0 Å². The van der Waals surface area contributed by atoms with Crippen molar-refractivity contribution >= 4 is 28.7 Å². The molecule has 8 heteroatoms. The molecule has 1 unspecified atom stereocenters. The second-order valence-corrected chi connectivity index (χ2v) is 9.79. The largest absolute Gasteiger partial charge is 0.465 e. The van der Waals surface area contributed by atoms with Gasteiger partial charge in [-0.05, 0) is 73.9 Å². The number of fused-ring (bicyclic) bond motifs is 1. The van der Waals surface area contributed by atoms with Gasteiger partial charge in [0.1, 0.15) is 15.1 Å². The van der Waals surface area contributed by atoms with Crippen molar-refractivity contribution < 1.29 is 19.0 Å². The first-order chi connectivity index (χ1) is 14.3. The molecule has 30 heavy (non-hydrogen) atoms. The average molecular weight is 525 g/mol. The van der Waals surface area contributed by atoms with E-state index in [4.69, 9.17) is 19.3 Å². The minimum Gasteiger partial charge on any atom is -0.465 e. The third-order valence-corrected chi connectivity index (χ3v) is 6.25. The van der Waals surface area contributed by atoms with Gasteiger partial charge in [0.05, 0.1) is 31.9 Å². The van der Waals surface area contributed by atoms with Crippen LogP contribution in [0.4, 0.5) is 4.79 Å². The molecule has 2 aliphatic heterocycles. The standard InChI is InChI=1S/C22H28IN3O4/c1-22(2,3)30-21(27)25-13-17-18(14-25)24-26(20(17)23)12-15-7-6-8-16(11-15)29-19-9-4-5-10-28-19/h6-8,11,19H,4-5,9-10,12-14H2,1-3H3. The number of carbonyl (C=O) groups excluding carboxylic acids is 1. The van der Waals surface area contributed by atoms with Crippen molar-refractivity contribution in [2.45, 2.75) is 71.6 Å². The predicted molar refractivity (Wildman–Crippen MR) is 120 cm³/mol. The van der Waals surface area contributed by atoms with Gasteiger partial charge in [-0.2, -0.15) is 5.10 Å². The Morgan fingerprint density at radius 3 is 2.83 bits per heavy atom. The molecule has 1 fully saturated rings. The number of halogens is 1. The van der Waals surface area contributed by atoms with Crippen LogP contribution in [0.1, 0.15) is 56.9 Å². The number of carbonyl (C=O) groups is 1. The van der Waals surface area contributed by atoms with Crippen LogP contribution in [-0.4, -0.2) is 39.3 Å². The molecule has 3 heterocycles. The lowest BCUT2D eigenvalue weighted by atomic mass is 10.2. The zero-order valence-corrected chi connectivity index (χ0v) is 19.8. The first kappa shape index (κ1) is 21.4. The molecule has 0 saturated carbocycles. The highest BCUT2D eigenvalue weighted by Crippen LogP contribution is 2.29. The Balaban J connectivity index is 1.41. The number of nitrogens with zero attached hydrogens (tertiary/aromatic N) is 3. The zero-order chi connectivity index (χ0) is 21.3. The maximum Gasteiger partial charge on any atom is 0.410 e. The molecule has 0 bridgehead atoms. The fourth-order valence-electron chi connectivity index (χ4n) is 3.64. The van der Waals surface area contributed by atoms with Gasteiger partial charge < -0.3 is 14.2 Å². The van der Waals surface area contributed by atoms with E-state index in [1.165, 1.54) is 0 Å². The van der Waals surface area contributed by atoms with E-state index in [1.807, 2.05) is 43.7 Å². The van der Waals surface area contributed by atoms with E-state index in [0.717, 1.165) is 52.1 Å². The molecule has 0 N–H and O–H groups in total. The lowest BCUT2D eigenvalue weighted by Gasteiger charge is -2.24. The summed E-state index contributed by atoms with van der Waals surface area (Å²) in [4.78, 5) is 14.1. The molecule has 1 aromatic carbocycles. The van der Waals surface area contributed by atoms with Crippen LogP contribution in [0, 0.1) is 3.70 Å². The summed E-state index contributed by atoms with van der Waals surface area (Å²) in [5, 5.41) is 4.75. The summed E-state index contributed by atoms with van der Waals surface area (Å²) < 4.78 is 20.2. The fraction of sp³-hybridized carbons (Fsp3) is 0.545. The molecule has 1 aromatic heterocycles. The van der Waals surface area contributed by atoms with Gasteiger partial charge in [-0.25, -0.2) is 4.79 Å². The molecule has 1 saturated heterocycles. The number of aromatic nitrogens is 2. The van der Waals surface area contributed by atoms with E-state index in [2.05, 4.69) is 28.7 Å². The molecule has 0 spiro atoms. The van der Waals surface area contributed by atoms with Gasteiger partial charge in [-0.1, -0.05) is 12.1 Å². The summed E-state index contributed by atoms with van der Waals surface area (Å²) in [5.41, 5.74) is 2.66. The van der Waals surface area contributed by atoms with Gasteiger partial charge in [0.2, 0.25) is 0 Å². The number of benzene rings is 1. The van der Waals surface area contributed by atoms with Crippen molar-refractivity contribution in [3.8, 4) is 5.75 Å². The molecule has 1 amide bonds. The SMILES string of the molecule is CC(C)(C)OC(=O)N1Cc2nn(Cc3cccc(OC4CCCCO4)c3)c(I)c2C1. The molecule has 0 aliphatic carbocycles. The highest BCUT2D eigenvalue weighted by Gasteiger charge is 2.32. The molecule has 2 aromatic rings. The predicted octanol–water partition coefficient (Wildman–Crippen LogP) is 4.69. The number of ether oxygens (including phenoxy) is 3. The van der Waals surface area contributed by atoms with E-state index in [0.29, 0.717) is 19.6 Å². The number of hydrogen-bond acceptors (Lipinski definition) is 5. The minimum atomic E-state index is -0.500. The van der Waals surface area contributed by atoms with Gasteiger partial charge in [-0.3, -0.25) is 9.58 Å². The molecule has 1 atom stereocenters. The summed E-state index contributed by atoms with van der Waals surface area (Å²) in [6, 6.07) is 8.09. The van der Waals surface area contributed by atoms with Crippen molar-refractivity contribution in [3.63, 3.8) is 0 Å². The van der Waals surface area contributed by atoms with E-state index in [1.54, 1.807) is 4.90 Å². The van der Waals surface area contributed by atoms with E-state index >= 15 is 0 Å². The molecular weight excluding hydrogens is 497 g/mol. The Labute approximate surface area is 190 Å². The van der Waals surface area contributed by atoms with E-state index in [-0.39, 0.29) is 12.4 Å². The van der Waals surface area contributed by atoms with Gasteiger partial charge in [0.25, 0.3) is 0 Å². The van der Waals surface area contributed by atoms with Crippen molar-refractivity contribution in [1.82, 2.24) is 14.7 Å². The lowest BCUT2D eigenvalue weighted by Crippen LogP contribution is -2.33. The van der Waals surface area contributed by atoms with Gasteiger partial charge >= 0.3 is 6.09 Å². The second-order valence-electron chi connectivity index (χ2n) is 8.77. The van der Waals surface area contributed by atoms with Gasteiger partial charge in [0, 0.05) is 12.0 Å². The summed E-state index contributed by atoms with van der Waals surface area (Å²) >= 11 is 2.31. The second kappa shape index (κ2) is 8.74. The van der Waals surface area contributed by atoms with Crippen LogP contribution in [-0.2, 0) is 29.1 Å². The third kappa shape index (κ3) is 5.08. The maximum atomic E-state index is 12.4. The Bertz CT molecular complexity index is 916. The van der Waals surface area contributed by atoms with Crippen LogP contribution >= 0.6 is 22.6 Å². The smallest absolute Gasteiger partial charge is 0.410 e. The topological polar surface area (TPSA) is 65.8 Å². The molecule has 0 radical (unpaired) electrons. The Hall–Kier alpha value is -1.81. The quantitative estimate of drug-likeness (QED) is 0.542. The maximum absolute atomic E-state index is 12.4. The number of rotatable bonds is 4. The summed E-state index contributed by atoms with van der Waals surface area (Å²) in [7, 11) is 0. The van der Waals surface area contributed by atoms with Crippen molar-refractivity contribution in [2.24, 2.45) is 0 Å². The molecule has 2 aliphatic rings. The van der Waals surface area contributed by atoms with Crippen LogP contribution < -0.4 is 4.74 Å². The zero-order valence-electron chi connectivity index (χ0n) is 17.7. The van der Waals surface area contributed by atoms with Gasteiger partial charge in [0.15, 0.2) is 6.29 Å². The molecular formula is C22H28IN3O4. The fourth-order valence-corrected chi connectivity index (χ4v) is 4.40. The Morgan fingerprint density at radius 2 is 2.13 bits per heavy atom. The molecule has 162 valence electrons. The summed E-state index contributed by atoms with van der Waals surface area (Å²) in [5.74, 6) is 0.824. The van der Waals surface area contributed by atoms with Crippen molar-refractivity contribution in [3.05, 3.63) is 44.8 Å². The monoisotopic (exact) mass is 525 g/mol. The summed E-state index contributed by atoms with van der Waals surface area (Å²) in [6.45, 7) is 8.06. The molecule has 7 nitrogen and oxygen atoms in total. The molecule has 4 rings (SSSR count). The third-order valence-electron chi connectivity index (χ3n) is 5.04. The van der Waals surface area contributed by atoms with Crippen molar-refractivity contribution in [1.29, 1.82) is 0 Å². The van der Waals surface area contributed by atoms with Crippen LogP contribution in [0.5, 0.6) is 5.75 Å². The highest BCUT2D eigenvalue weighted by molar-refractivity contribution is 14.1. The van der Waals surface area contributed by atoms with Crippen LogP contribution in [0.3, 0.4) is 0 Å². The Kier molecular flexibility index (Phi) is 6.24. The Morgan fingerprint density at radius 1 is 1.30 bits per heavy atom.